The van der Waals surface area contributed by atoms with E-state index in [4.69, 9.17) is 14.7 Å². The minimum absolute atomic E-state index is 0.428. The Morgan fingerprint density at radius 1 is 0.914 bits per heavy atom. The second kappa shape index (κ2) is 10.8. The highest BCUT2D eigenvalue weighted by Crippen LogP contribution is 2.35. The van der Waals surface area contributed by atoms with E-state index in [-0.39, 0.29) is 0 Å². The summed E-state index contributed by atoms with van der Waals surface area (Å²) in [5, 5.41) is 9.40. The van der Waals surface area contributed by atoms with Crippen LogP contribution < -0.4 is 15.4 Å². The molecule has 3 aromatic heterocycles. The van der Waals surface area contributed by atoms with Crippen LogP contribution in [0.25, 0.3) is 10.2 Å². The van der Waals surface area contributed by atoms with Crippen LogP contribution in [0, 0.1) is 0 Å². The summed E-state index contributed by atoms with van der Waals surface area (Å²) in [5.74, 6) is 2.10. The first-order valence-electron chi connectivity index (χ1n) is 11.3. The highest BCUT2D eigenvalue weighted by molar-refractivity contribution is 8.00. The smallest absolute Gasteiger partial charge is 0.229 e. The van der Waals surface area contributed by atoms with Crippen LogP contribution in [0.3, 0.4) is 0 Å². The van der Waals surface area contributed by atoms with Crippen LogP contribution in [0.15, 0.2) is 89.3 Å². The minimum Gasteiger partial charge on any atom is -0.487 e. The maximum atomic E-state index is 5.84. The molecule has 0 fully saturated rings. The molecule has 8 heteroatoms. The van der Waals surface area contributed by atoms with Gasteiger partial charge in [-0.1, -0.05) is 32.0 Å². The molecule has 0 bridgehead atoms. The van der Waals surface area contributed by atoms with Crippen molar-refractivity contribution in [2.45, 2.75) is 30.6 Å². The Balaban J connectivity index is 1.34. The molecule has 176 valence electrons. The van der Waals surface area contributed by atoms with Crippen LogP contribution in [-0.4, -0.2) is 20.2 Å². The van der Waals surface area contributed by atoms with Gasteiger partial charge in [0, 0.05) is 22.0 Å². The summed E-state index contributed by atoms with van der Waals surface area (Å²) in [5.41, 5.74) is 3.71. The molecular weight excluding hydrogens is 474 g/mol. The number of rotatable bonds is 9. The van der Waals surface area contributed by atoms with Crippen molar-refractivity contribution in [3.05, 3.63) is 90.1 Å². The van der Waals surface area contributed by atoms with E-state index in [9.17, 15) is 0 Å². The number of nitrogens with zero attached hydrogens (tertiary/aromatic N) is 3. The van der Waals surface area contributed by atoms with Crippen molar-refractivity contribution in [3.8, 4) is 5.75 Å². The lowest BCUT2D eigenvalue weighted by Crippen LogP contribution is -2.02. The Hall–Kier alpha value is -3.62. The maximum absolute atomic E-state index is 5.84. The van der Waals surface area contributed by atoms with E-state index in [0.29, 0.717) is 17.8 Å². The number of hydrogen-bond acceptors (Lipinski definition) is 8. The SMILES string of the molecule is CC(C)Sc1ccccc1Nc1nc(Nc2ccc(OCc3ccccn3)cc2)nc2ccsc12. The fourth-order valence-corrected chi connectivity index (χ4v) is 5.15. The van der Waals surface area contributed by atoms with Gasteiger partial charge < -0.3 is 15.4 Å². The first-order chi connectivity index (χ1) is 17.1. The number of fused-ring (bicyclic) bond motifs is 1. The van der Waals surface area contributed by atoms with E-state index in [1.165, 1.54) is 4.90 Å². The summed E-state index contributed by atoms with van der Waals surface area (Å²) in [7, 11) is 0. The molecule has 3 heterocycles. The number of nitrogens with one attached hydrogen (secondary N) is 2. The molecular formula is C27H25N5OS2. The second-order valence-electron chi connectivity index (χ2n) is 8.08. The highest BCUT2D eigenvalue weighted by Gasteiger charge is 2.12. The van der Waals surface area contributed by atoms with Crippen molar-refractivity contribution >= 4 is 56.5 Å². The molecule has 0 amide bonds. The largest absolute Gasteiger partial charge is 0.487 e. The Morgan fingerprint density at radius 3 is 2.54 bits per heavy atom. The molecule has 0 radical (unpaired) electrons. The highest BCUT2D eigenvalue weighted by atomic mass is 32.2. The van der Waals surface area contributed by atoms with Gasteiger partial charge in [0.05, 0.1) is 21.6 Å². The van der Waals surface area contributed by atoms with Gasteiger partial charge in [0.1, 0.15) is 12.4 Å². The third-order valence-electron chi connectivity index (χ3n) is 5.03. The van der Waals surface area contributed by atoms with Gasteiger partial charge >= 0.3 is 0 Å². The lowest BCUT2D eigenvalue weighted by atomic mass is 10.3. The Morgan fingerprint density at radius 2 is 1.74 bits per heavy atom. The van der Waals surface area contributed by atoms with E-state index in [1.54, 1.807) is 17.5 Å². The number of thiophene rings is 1. The van der Waals surface area contributed by atoms with E-state index in [2.05, 4.69) is 47.7 Å². The summed E-state index contributed by atoms with van der Waals surface area (Å²) in [4.78, 5) is 15.0. The standard InChI is InChI=1S/C27H25N5OS2/c1-18(2)35-24-9-4-3-8-22(24)30-26-25-23(14-16-34-25)31-27(32-26)29-19-10-12-21(13-11-19)33-17-20-7-5-6-15-28-20/h3-16,18H,17H2,1-2H3,(H2,29,30,31,32). The lowest BCUT2D eigenvalue weighted by Gasteiger charge is -2.14. The second-order valence-corrected chi connectivity index (χ2v) is 10.6. The van der Waals surface area contributed by atoms with Crippen molar-refractivity contribution < 1.29 is 4.74 Å². The average Bonchev–Trinajstić information content (AvgIpc) is 3.34. The summed E-state index contributed by atoms with van der Waals surface area (Å²) in [6, 6.07) is 23.9. The minimum atomic E-state index is 0.428. The first kappa shape index (κ1) is 23.1. The van der Waals surface area contributed by atoms with E-state index in [1.807, 2.05) is 71.7 Å². The Kier molecular flexibility index (Phi) is 7.11. The van der Waals surface area contributed by atoms with Gasteiger partial charge in [-0.3, -0.25) is 4.98 Å². The van der Waals surface area contributed by atoms with Gasteiger partial charge in [-0.05, 0) is 60.0 Å². The fourth-order valence-electron chi connectivity index (χ4n) is 3.46. The maximum Gasteiger partial charge on any atom is 0.229 e. The van der Waals surface area contributed by atoms with Crippen LogP contribution in [0.1, 0.15) is 19.5 Å². The predicted octanol–water partition coefficient (Wildman–Crippen LogP) is 7.65. The quantitative estimate of drug-likeness (QED) is 0.202. The summed E-state index contributed by atoms with van der Waals surface area (Å²) < 4.78 is 6.86. The molecule has 0 aliphatic carbocycles. The number of pyridine rings is 1. The molecule has 0 saturated carbocycles. The third kappa shape index (κ3) is 5.90. The van der Waals surface area contributed by atoms with Gasteiger partial charge in [-0.2, -0.15) is 4.98 Å². The number of thioether (sulfide) groups is 1. The molecule has 6 nitrogen and oxygen atoms in total. The normalized spacial score (nSPS) is 11.1. The first-order valence-corrected chi connectivity index (χ1v) is 13.1. The molecule has 35 heavy (non-hydrogen) atoms. The molecule has 2 N–H and O–H groups in total. The van der Waals surface area contributed by atoms with E-state index in [0.717, 1.165) is 38.9 Å². The zero-order valence-electron chi connectivity index (χ0n) is 19.4. The van der Waals surface area contributed by atoms with Gasteiger partial charge in [-0.15, -0.1) is 23.1 Å². The van der Waals surface area contributed by atoms with Crippen LogP contribution in [0.4, 0.5) is 23.1 Å². The fraction of sp³-hybridized carbons (Fsp3) is 0.148. The molecule has 5 aromatic rings. The molecule has 0 spiro atoms. The predicted molar refractivity (Wildman–Crippen MR) is 146 cm³/mol. The molecule has 0 saturated heterocycles. The topological polar surface area (TPSA) is 72.0 Å². The van der Waals surface area contributed by atoms with Gasteiger partial charge in [0.15, 0.2) is 5.82 Å². The zero-order chi connectivity index (χ0) is 24.0. The average molecular weight is 500 g/mol. The monoisotopic (exact) mass is 499 g/mol. The molecule has 0 unspecified atom stereocenters. The van der Waals surface area contributed by atoms with Gasteiger partial charge in [-0.25, -0.2) is 4.98 Å². The molecule has 0 aliphatic rings. The van der Waals surface area contributed by atoms with Crippen LogP contribution >= 0.6 is 23.1 Å². The van der Waals surface area contributed by atoms with Crippen molar-refractivity contribution in [3.63, 3.8) is 0 Å². The van der Waals surface area contributed by atoms with Crippen LogP contribution in [-0.2, 0) is 6.61 Å². The van der Waals surface area contributed by atoms with Gasteiger partial charge in [0.2, 0.25) is 5.95 Å². The number of aromatic nitrogens is 3. The molecule has 5 rings (SSSR count). The summed E-state index contributed by atoms with van der Waals surface area (Å²) >= 11 is 3.46. The van der Waals surface area contributed by atoms with E-state index < -0.39 is 0 Å². The number of benzene rings is 2. The third-order valence-corrected chi connectivity index (χ3v) is 7.02. The van der Waals surface area contributed by atoms with E-state index >= 15 is 0 Å². The van der Waals surface area contributed by atoms with Crippen molar-refractivity contribution in [2.75, 3.05) is 10.6 Å². The van der Waals surface area contributed by atoms with Crippen molar-refractivity contribution in [1.29, 1.82) is 0 Å². The Labute approximate surface area is 212 Å². The van der Waals surface area contributed by atoms with Gasteiger partial charge in [0.25, 0.3) is 0 Å². The molecule has 0 aliphatic heterocycles. The van der Waals surface area contributed by atoms with Crippen molar-refractivity contribution in [1.82, 2.24) is 15.0 Å². The number of para-hydroxylation sites is 1. The van der Waals surface area contributed by atoms with Crippen LogP contribution in [0.5, 0.6) is 5.75 Å². The summed E-state index contributed by atoms with van der Waals surface area (Å²) in [6.45, 7) is 4.82. The number of ether oxygens (including phenoxy) is 1. The Bertz CT molecular complexity index is 1400. The van der Waals surface area contributed by atoms with Crippen LogP contribution in [0.2, 0.25) is 0 Å². The number of hydrogen-bond donors (Lipinski definition) is 2. The molecule has 2 aromatic carbocycles. The number of anilines is 4. The summed E-state index contributed by atoms with van der Waals surface area (Å²) in [6.07, 6.45) is 1.76. The zero-order valence-corrected chi connectivity index (χ0v) is 21.1. The van der Waals surface area contributed by atoms with Crippen molar-refractivity contribution in [2.24, 2.45) is 0 Å². The lowest BCUT2D eigenvalue weighted by molar-refractivity contribution is 0.301. The molecule has 0 atom stereocenters.